The molecule has 1 fully saturated rings. The average Bonchev–Trinajstić information content (AvgIpc) is 2.43. The van der Waals surface area contributed by atoms with E-state index in [-0.39, 0.29) is 0 Å². The standard InChI is InChI=1S/C12H20N4/c1-11-14-6-2-3-9-16(10-15-11)12-4-7-13-8-5-12/h2-3,6,9,12-13H,4-5,7-8,10H2,1H3,(H,14,15)/b6-2-,9-3+. The first-order valence-electron chi connectivity index (χ1n) is 5.93. The van der Waals surface area contributed by atoms with Gasteiger partial charge in [0, 0.05) is 18.4 Å². The maximum absolute atomic E-state index is 4.51. The number of rotatable bonds is 1. The van der Waals surface area contributed by atoms with E-state index in [1.807, 2.05) is 19.2 Å². The topological polar surface area (TPSA) is 39.7 Å². The molecule has 2 N–H and O–H groups in total. The second kappa shape index (κ2) is 5.70. The third-order valence-electron chi connectivity index (χ3n) is 3.03. The molecule has 0 aromatic heterocycles. The van der Waals surface area contributed by atoms with Gasteiger partial charge in [0.15, 0.2) is 0 Å². The summed E-state index contributed by atoms with van der Waals surface area (Å²) in [6, 6.07) is 0.626. The maximum Gasteiger partial charge on any atom is 0.112 e. The number of allylic oxidation sites excluding steroid dienone is 2. The molecule has 0 radical (unpaired) electrons. The fraction of sp³-hybridized carbons (Fsp3) is 0.583. The van der Waals surface area contributed by atoms with Crippen molar-refractivity contribution in [2.24, 2.45) is 4.99 Å². The lowest BCUT2D eigenvalue weighted by molar-refractivity contribution is 0.231. The SMILES string of the molecule is C/C1=N\CN(C2CCNCC2)/C=C/C=C\N1. The molecule has 0 aromatic rings. The normalized spacial score (nSPS) is 30.3. The summed E-state index contributed by atoms with van der Waals surface area (Å²) in [5.41, 5.74) is 0. The molecule has 1 saturated heterocycles. The largest absolute Gasteiger partial charge is 0.355 e. The second-order valence-electron chi connectivity index (χ2n) is 4.23. The van der Waals surface area contributed by atoms with Gasteiger partial charge in [-0.25, -0.2) is 0 Å². The van der Waals surface area contributed by atoms with Crippen LogP contribution in [0.5, 0.6) is 0 Å². The van der Waals surface area contributed by atoms with Crippen molar-refractivity contribution in [3.63, 3.8) is 0 Å². The fourth-order valence-corrected chi connectivity index (χ4v) is 2.04. The van der Waals surface area contributed by atoms with Gasteiger partial charge in [-0.2, -0.15) is 0 Å². The number of piperidine rings is 1. The smallest absolute Gasteiger partial charge is 0.112 e. The van der Waals surface area contributed by atoms with Gasteiger partial charge < -0.3 is 15.5 Å². The van der Waals surface area contributed by atoms with Crippen LogP contribution >= 0.6 is 0 Å². The van der Waals surface area contributed by atoms with Gasteiger partial charge in [-0.05, 0) is 45.0 Å². The van der Waals surface area contributed by atoms with Crippen molar-refractivity contribution in [3.8, 4) is 0 Å². The zero-order valence-electron chi connectivity index (χ0n) is 9.82. The molecule has 2 heterocycles. The van der Waals surface area contributed by atoms with Crippen LogP contribution in [0.1, 0.15) is 19.8 Å². The zero-order chi connectivity index (χ0) is 11.2. The summed E-state index contributed by atoms with van der Waals surface area (Å²) in [5, 5.41) is 6.52. The monoisotopic (exact) mass is 220 g/mol. The van der Waals surface area contributed by atoms with E-state index in [9.17, 15) is 0 Å². The van der Waals surface area contributed by atoms with Crippen molar-refractivity contribution in [1.82, 2.24) is 15.5 Å². The molecule has 0 unspecified atom stereocenters. The van der Waals surface area contributed by atoms with Gasteiger partial charge in [0.1, 0.15) is 6.67 Å². The number of aliphatic imine (C=N–C) groups is 1. The Morgan fingerprint density at radius 1 is 1.31 bits per heavy atom. The van der Waals surface area contributed by atoms with E-state index in [0.717, 1.165) is 25.6 Å². The quantitative estimate of drug-likeness (QED) is 0.694. The van der Waals surface area contributed by atoms with E-state index >= 15 is 0 Å². The Hall–Kier alpha value is -1.29. The maximum atomic E-state index is 4.51. The Bertz CT molecular complexity index is 300. The molecule has 0 spiro atoms. The number of hydrogen-bond donors (Lipinski definition) is 2. The first kappa shape index (κ1) is 11.2. The van der Waals surface area contributed by atoms with E-state index in [1.54, 1.807) is 0 Å². The lowest BCUT2D eigenvalue weighted by atomic mass is 10.1. The Balaban J connectivity index is 2.02. The summed E-state index contributed by atoms with van der Waals surface area (Å²) in [6.45, 7) is 4.98. The van der Waals surface area contributed by atoms with E-state index in [1.165, 1.54) is 12.8 Å². The highest BCUT2D eigenvalue weighted by atomic mass is 15.2. The fourth-order valence-electron chi connectivity index (χ4n) is 2.04. The van der Waals surface area contributed by atoms with Crippen LogP contribution in [0, 0.1) is 0 Å². The minimum atomic E-state index is 0.626. The molecule has 0 atom stereocenters. The average molecular weight is 220 g/mol. The Morgan fingerprint density at radius 2 is 2.12 bits per heavy atom. The van der Waals surface area contributed by atoms with Crippen LogP contribution in [0.25, 0.3) is 0 Å². The Labute approximate surface area is 97.1 Å². The van der Waals surface area contributed by atoms with Crippen LogP contribution in [-0.2, 0) is 0 Å². The molecule has 16 heavy (non-hydrogen) atoms. The van der Waals surface area contributed by atoms with Crippen molar-refractivity contribution < 1.29 is 0 Å². The molecule has 4 heteroatoms. The van der Waals surface area contributed by atoms with Crippen LogP contribution < -0.4 is 10.6 Å². The summed E-state index contributed by atoms with van der Waals surface area (Å²) >= 11 is 0. The lowest BCUT2D eigenvalue weighted by Gasteiger charge is -2.32. The van der Waals surface area contributed by atoms with Gasteiger partial charge in [0.2, 0.25) is 0 Å². The third-order valence-corrected chi connectivity index (χ3v) is 3.03. The van der Waals surface area contributed by atoms with Crippen molar-refractivity contribution >= 4 is 5.84 Å². The minimum absolute atomic E-state index is 0.626. The lowest BCUT2D eigenvalue weighted by Crippen LogP contribution is -2.40. The van der Waals surface area contributed by atoms with Crippen molar-refractivity contribution in [2.75, 3.05) is 19.8 Å². The first-order valence-corrected chi connectivity index (χ1v) is 5.93. The highest BCUT2D eigenvalue weighted by Crippen LogP contribution is 2.12. The van der Waals surface area contributed by atoms with E-state index in [4.69, 9.17) is 0 Å². The molecule has 2 aliphatic heterocycles. The number of nitrogens with zero attached hydrogens (tertiary/aromatic N) is 2. The van der Waals surface area contributed by atoms with E-state index < -0.39 is 0 Å². The number of nitrogens with one attached hydrogen (secondary N) is 2. The molecule has 0 aromatic carbocycles. The van der Waals surface area contributed by atoms with Gasteiger partial charge in [0.25, 0.3) is 0 Å². The molecule has 0 saturated carbocycles. The first-order chi connectivity index (χ1) is 7.86. The van der Waals surface area contributed by atoms with Crippen LogP contribution in [-0.4, -0.2) is 36.5 Å². The van der Waals surface area contributed by atoms with Gasteiger partial charge in [-0.3, -0.25) is 4.99 Å². The highest BCUT2D eigenvalue weighted by Gasteiger charge is 2.17. The second-order valence-corrected chi connectivity index (χ2v) is 4.23. The molecule has 0 aliphatic carbocycles. The predicted octanol–water partition coefficient (Wildman–Crippen LogP) is 1.05. The third kappa shape index (κ3) is 3.10. The molecule has 0 amide bonds. The highest BCUT2D eigenvalue weighted by molar-refractivity contribution is 5.80. The molecule has 2 aliphatic rings. The van der Waals surface area contributed by atoms with Crippen LogP contribution in [0.15, 0.2) is 29.5 Å². The Kier molecular flexibility index (Phi) is 3.99. The predicted molar refractivity (Wildman–Crippen MR) is 67.1 cm³/mol. The minimum Gasteiger partial charge on any atom is -0.355 e. The summed E-state index contributed by atoms with van der Waals surface area (Å²) in [6.07, 6.45) is 10.6. The molecule has 88 valence electrons. The van der Waals surface area contributed by atoms with Crippen molar-refractivity contribution in [1.29, 1.82) is 0 Å². The summed E-state index contributed by atoms with van der Waals surface area (Å²) in [5.74, 6) is 0.971. The Morgan fingerprint density at radius 3 is 2.94 bits per heavy atom. The van der Waals surface area contributed by atoms with Gasteiger partial charge >= 0.3 is 0 Å². The molecular weight excluding hydrogens is 200 g/mol. The molecule has 4 nitrogen and oxygen atoms in total. The molecule has 0 bridgehead atoms. The van der Waals surface area contributed by atoms with Crippen LogP contribution in [0.4, 0.5) is 0 Å². The van der Waals surface area contributed by atoms with Gasteiger partial charge in [-0.1, -0.05) is 0 Å². The number of hydrogen-bond acceptors (Lipinski definition) is 4. The van der Waals surface area contributed by atoms with Crippen molar-refractivity contribution in [3.05, 3.63) is 24.6 Å². The van der Waals surface area contributed by atoms with Crippen LogP contribution in [0.2, 0.25) is 0 Å². The van der Waals surface area contributed by atoms with Gasteiger partial charge in [-0.15, -0.1) is 0 Å². The summed E-state index contributed by atoms with van der Waals surface area (Å²) in [4.78, 5) is 6.84. The zero-order valence-corrected chi connectivity index (χ0v) is 9.82. The van der Waals surface area contributed by atoms with Gasteiger partial charge in [0.05, 0.1) is 5.84 Å². The molecular formula is C12H20N4. The molecule has 2 rings (SSSR count). The van der Waals surface area contributed by atoms with E-state index in [2.05, 4.69) is 32.8 Å². The van der Waals surface area contributed by atoms with Crippen LogP contribution in [0.3, 0.4) is 0 Å². The number of amidine groups is 1. The summed E-state index contributed by atoms with van der Waals surface area (Å²) < 4.78 is 0. The summed E-state index contributed by atoms with van der Waals surface area (Å²) in [7, 11) is 0. The van der Waals surface area contributed by atoms with E-state index in [0.29, 0.717) is 6.04 Å². The van der Waals surface area contributed by atoms with Crippen molar-refractivity contribution in [2.45, 2.75) is 25.8 Å².